The Balaban J connectivity index is 2.13. The third-order valence-electron chi connectivity index (χ3n) is 3.29. The molecule has 2 rings (SSSR count). The van der Waals surface area contributed by atoms with E-state index in [1.165, 1.54) is 25.3 Å². The fourth-order valence-corrected chi connectivity index (χ4v) is 3.03. The van der Waals surface area contributed by atoms with Gasteiger partial charge in [-0.05, 0) is 31.0 Å². The molecule has 0 atom stereocenters. The Morgan fingerprint density at radius 3 is 2.39 bits per heavy atom. The third kappa shape index (κ3) is 3.14. The van der Waals surface area contributed by atoms with Crippen molar-refractivity contribution in [3.63, 3.8) is 0 Å². The summed E-state index contributed by atoms with van der Waals surface area (Å²) >= 11 is 0. The average Bonchev–Trinajstić information content (AvgIpc) is 2.28. The van der Waals surface area contributed by atoms with Crippen molar-refractivity contribution >= 4 is 21.4 Å². The monoisotopic (exact) mass is 269 g/mol. The first-order chi connectivity index (χ1) is 8.47. The summed E-state index contributed by atoms with van der Waals surface area (Å²) in [4.78, 5) is -0.0169. The molecule has 1 fully saturated rings. The van der Waals surface area contributed by atoms with Crippen molar-refractivity contribution in [3.05, 3.63) is 18.2 Å². The molecule has 0 bridgehead atoms. The van der Waals surface area contributed by atoms with Crippen molar-refractivity contribution in [3.8, 4) is 0 Å². The van der Waals surface area contributed by atoms with Gasteiger partial charge < -0.3 is 11.1 Å². The maximum absolute atomic E-state index is 11.2. The van der Waals surface area contributed by atoms with Crippen molar-refractivity contribution in [1.82, 2.24) is 0 Å². The second kappa shape index (κ2) is 5.16. The smallest absolute Gasteiger partial charge is 0.240 e. The number of rotatable bonds is 3. The predicted octanol–water partition coefficient (Wildman–Crippen LogP) is 1.66. The zero-order valence-corrected chi connectivity index (χ0v) is 11.0. The first kappa shape index (κ1) is 13.2. The van der Waals surface area contributed by atoms with E-state index in [9.17, 15) is 8.42 Å². The van der Waals surface area contributed by atoms with E-state index < -0.39 is 10.0 Å². The lowest BCUT2D eigenvalue weighted by Crippen LogP contribution is -2.22. The molecule has 18 heavy (non-hydrogen) atoms. The topological polar surface area (TPSA) is 98.2 Å². The summed E-state index contributed by atoms with van der Waals surface area (Å²) in [6, 6.07) is 5.26. The van der Waals surface area contributed by atoms with Gasteiger partial charge in [-0.15, -0.1) is 0 Å². The van der Waals surface area contributed by atoms with Crippen LogP contribution >= 0.6 is 0 Å². The summed E-state index contributed by atoms with van der Waals surface area (Å²) in [6.07, 6.45) is 6.07. The van der Waals surface area contributed by atoms with Gasteiger partial charge in [0.2, 0.25) is 10.0 Å². The van der Waals surface area contributed by atoms with Gasteiger partial charge in [-0.25, -0.2) is 13.6 Å². The molecule has 0 saturated heterocycles. The fourth-order valence-electron chi connectivity index (χ4n) is 2.38. The first-order valence-corrected chi connectivity index (χ1v) is 7.70. The molecular weight excluding hydrogens is 250 g/mol. The predicted molar refractivity (Wildman–Crippen MR) is 72.7 cm³/mol. The lowest BCUT2D eigenvalue weighted by atomic mass is 9.95. The number of nitrogens with two attached hydrogens (primary N) is 2. The van der Waals surface area contributed by atoms with Gasteiger partial charge in [-0.1, -0.05) is 19.3 Å². The highest BCUT2D eigenvalue weighted by Crippen LogP contribution is 2.25. The van der Waals surface area contributed by atoms with Gasteiger partial charge in [-0.3, -0.25) is 0 Å². The van der Waals surface area contributed by atoms with Gasteiger partial charge >= 0.3 is 0 Å². The minimum Gasteiger partial charge on any atom is -0.398 e. The molecule has 1 aromatic carbocycles. The van der Waals surface area contributed by atoms with Gasteiger partial charge in [0.1, 0.15) is 4.90 Å². The summed E-state index contributed by atoms with van der Waals surface area (Å²) < 4.78 is 22.5. The SMILES string of the molecule is Nc1cc(NC2CCCCC2)ccc1S(N)(=O)=O. The number of nitrogen functional groups attached to an aromatic ring is 1. The number of benzene rings is 1. The second-order valence-corrected chi connectivity index (χ2v) is 6.31. The van der Waals surface area contributed by atoms with Crippen LogP contribution in [0, 0.1) is 0 Å². The number of primary sulfonamides is 1. The van der Waals surface area contributed by atoms with Crippen LogP contribution in [0.1, 0.15) is 32.1 Å². The maximum atomic E-state index is 11.2. The number of hydrogen-bond donors (Lipinski definition) is 3. The molecule has 5 N–H and O–H groups in total. The summed E-state index contributed by atoms with van der Waals surface area (Å²) in [7, 11) is -3.74. The molecule has 0 aliphatic heterocycles. The van der Waals surface area contributed by atoms with Gasteiger partial charge in [-0.2, -0.15) is 0 Å². The summed E-state index contributed by atoms with van der Waals surface area (Å²) in [5.74, 6) is 0. The van der Waals surface area contributed by atoms with Crippen molar-refractivity contribution in [2.24, 2.45) is 5.14 Å². The minimum atomic E-state index is -3.74. The second-order valence-electron chi connectivity index (χ2n) is 4.78. The maximum Gasteiger partial charge on any atom is 0.240 e. The Bertz CT molecular complexity index is 522. The van der Waals surface area contributed by atoms with Crippen molar-refractivity contribution in [1.29, 1.82) is 0 Å². The molecule has 1 aromatic rings. The Hall–Kier alpha value is -1.27. The summed E-state index contributed by atoms with van der Waals surface area (Å²) in [5.41, 5.74) is 6.76. The number of anilines is 2. The van der Waals surface area contributed by atoms with Crippen LogP contribution in [-0.2, 0) is 10.0 Å². The molecule has 0 radical (unpaired) electrons. The average molecular weight is 269 g/mol. The van der Waals surface area contributed by atoms with Crippen molar-refractivity contribution < 1.29 is 8.42 Å². The van der Waals surface area contributed by atoms with Crippen LogP contribution in [0.4, 0.5) is 11.4 Å². The van der Waals surface area contributed by atoms with E-state index in [4.69, 9.17) is 10.9 Å². The molecule has 6 heteroatoms. The van der Waals surface area contributed by atoms with Gasteiger partial charge in [0.15, 0.2) is 0 Å². The lowest BCUT2D eigenvalue weighted by molar-refractivity contribution is 0.463. The highest BCUT2D eigenvalue weighted by atomic mass is 32.2. The van der Waals surface area contributed by atoms with E-state index in [0.717, 1.165) is 18.5 Å². The molecule has 0 unspecified atom stereocenters. The molecule has 100 valence electrons. The van der Waals surface area contributed by atoms with Gasteiger partial charge in [0.25, 0.3) is 0 Å². The summed E-state index contributed by atoms with van der Waals surface area (Å²) in [6.45, 7) is 0. The highest BCUT2D eigenvalue weighted by molar-refractivity contribution is 7.89. The molecule has 1 saturated carbocycles. The number of sulfonamides is 1. The lowest BCUT2D eigenvalue weighted by Gasteiger charge is -2.24. The Morgan fingerprint density at radius 1 is 1.17 bits per heavy atom. The van der Waals surface area contributed by atoms with Gasteiger partial charge in [0, 0.05) is 11.7 Å². The Morgan fingerprint density at radius 2 is 1.83 bits per heavy atom. The number of hydrogen-bond acceptors (Lipinski definition) is 4. The molecule has 0 aromatic heterocycles. The summed E-state index contributed by atoms with van der Waals surface area (Å²) in [5, 5.41) is 8.45. The van der Waals surface area contributed by atoms with E-state index in [2.05, 4.69) is 5.32 Å². The molecule has 5 nitrogen and oxygen atoms in total. The van der Waals surface area contributed by atoms with Crippen molar-refractivity contribution in [2.75, 3.05) is 11.1 Å². The van der Waals surface area contributed by atoms with Crippen LogP contribution < -0.4 is 16.2 Å². The van der Waals surface area contributed by atoms with Crippen LogP contribution in [-0.4, -0.2) is 14.5 Å². The van der Waals surface area contributed by atoms with E-state index >= 15 is 0 Å². The largest absolute Gasteiger partial charge is 0.398 e. The first-order valence-electron chi connectivity index (χ1n) is 6.16. The van der Waals surface area contributed by atoms with Crippen molar-refractivity contribution in [2.45, 2.75) is 43.0 Å². The molecule has 1 aliphatic carbocycles. The van der Waals surface area contributed by atoms with Gasteiger partial charge in [0.05, 0.1) is 5.69 Å². The van der Waals surface area contributed by atoms with Crippen LogP contribution in [0.3, 0.4) is 0 Å². The minimum absolute atomic E-state index is 0.0169. The standard InChI is InChI=1S/C12H19N3O2S/c13-11-8-10(6-7-12(11)18(14,16)17)15-9-4-2-1-3-5-9/h6-9,15H,1-5,13H2,(H2,14,16,17). The Labute approximate surface area is 108 Å². The zero-order chi connectivity index (χ0) is 13.2. The van der Waals surface area contributed by atoms with Crippen LogP contribution in [0.5, 0.6) is 0 Å². The molecule has 0 heterocycles. The van der Waals surface area contributed by atoms with Crippen LogP contribution in [0.15, 0.2) is 23.1 Å². The Kier molecular flexibility index (Phi) is 3.77. The molecule has 1 aliphatic rings. The normalized spacial score (nSPS) is 17.6. The van der Waals surface area contributed by atoms with E-state index in [0.29, 0.717) is 6.04 Å². The zero-order valence-electron chi connectivity index (χ0n) is 10.2. The van der Waals surface area contributed by atoms with Crippen LogP contribution in [0.2, 0.25) is 0 Å². The molecule has 0 amide bonds. The van der Waals surface area contributed by atoms with E-state index in [1.54, 1.807) is 12.1 Å². The van der Waals surface area contributed by atoms with E-state index in [1.807, 2.05) is 0 Å². The molecular formula is C12H19N3O2S. The third-order valence-corrected chi connectivity index (χ3v) is 4.28. The van der Waals surface area contributed by atoms with E-state index in [-0.39, 0.29) is 10.6 Å². The van der Waals surface area contributed by atoms with Crippen LogP contribution in [0.25, 0.3) is 0 Å². The number of nitrogens with one attached hydrogen (secondary N) is 1. The fraction of sp³-hybridized carbons (Fsp3) is 0.500. The highest BCUT2D eigenvalue weighted by Gasteiger charge is 2.15. The quantitative estimate of drug-likeness (QED) is 0.727. The molecule has 0 spiro atoms.